The van der Waals surface area contributed by atoms with Crippen molar-refractivity contribution in [2.24, 2.45) is 17.4 Å². The lowest BCUT2D eigenvalue weighted by Gasteiger charge is -2.46. The minimum absolute atomic E-state index is 0.0399. The van der Waals surface area contributed by atoms with Crippen LogP contribution in [0.4, 0.5) is 11.4 Å². The number of aliphatic hydroxyl groups is 2. The van der Waals surface area contributed by atoms with Crippen molar-refractivity contribution in [1.82, 2.24) is 35.6 Å². The van der Waals surface area contributed by atoms with E-state index in [1.54, 1.807) is 19.2 Å². The first kappa shape index (κ1) is 34.0. The lowest BCUT2D eigenvalue weighted by Crippen LogP contribution is -2.59. The summed E-state index contributed by atoms with van der Waals surface area (Å²) in [6.07, 6.45) is 6.71. The zero-order valence-electron chi connectivity index (χ0n) is 28.5. The van der Waals surface area contributed by atoms with Crippen molar-refractivity contribution in [3.63, 3.8) is 0 Å². The molecule has 1 saturated heterocycles. The van der Waals surface area contributed by atoms with Gasteiger partial charge in [-0.25, -0.2) is 9.88 Å². The number of nitrogens with one attached hydrogen (secondary N) is 4. The molecule has 268 valence electrons. The number of aromatic nitrogens is 3. The van der Waals surface area contributed by atoms with Crippen molar-refractivity contribution in [3.05, 3.63) is 83.0 Å². The van der Waals surface area contributed by atoms with E-state index in [4.69, 9.17) is 16.6 Å². The van der Waals surface area contributed by atoms with Gasteiger partial charge in [-0.15, -0.1) is 0 Å². The van der Waals surface area contributed by atoms with Gasteiger partial charge in [0.15, 0.2) is 0 Å². The highest BCUT2D eigenvalue weighted by Gasteiger charge is 2.46. The smallest absolute Gasteiger partial charge is 0.271 e. The number of pyridine rings is 1. The van der Waals surface area contributed by atoms with Crippen molar-refractivity contribution in [1.29, 1.82) is 0 Å². The number of allylic oxidation sites excluding steroid dienone is 1. The Labute approximate surface area is 294 Å². The maximum absolute atomic E-state index is 13.0. The first-order chi connectivity index (χ1) is 24.4. The molecule has 2 aromatic heterocycles. The number of hydrogen-bond acceptors (Lipinski definition) is 12. The molecule has 0 spiro atoms. The van der Waals surface area contributed by atoms with Crippen molar-refractivity contribution in [3.8, 4) is 11.1 Å². The Morgan fingerprint density at radius 1 is 1.04 bits per heavy atom. The molecule has 3 amide bonds. The summed E-state index contributed by atoms with van der Waals surface area (Å²) in [5.41, 5.74) is 17.2. The zero-order chi connectivity index (χ0) is 36.0. The number of rotatable bonds is 12. The Morgan fingerprint density at radius 3 is 2.49 bits per heavy atom. The summed E-state index contributed by atoms with van der Waals surface area (Å²) in [4.78, 5) is 45.5. The van der Waals surface area contributed by atoms with Gasteiger partial charge in [-0.3, -0.25) is 19.1 Å². The first-order valence-electron chi connectivity index (χ1n) is 17.2. The monoisotopic (exact) mass is 697 g/mol. The molecule has 0 bridgehead atoms. The Morgan fingerprint density at radius 2 is 1.78 bits per heavy atom. The highest BCUT2D eigenvalue weighted by atomic mass is 16.5. The van der Waals surface area contributed by atoms with Gasteiger partial charge in [0.25, 0.3) is 17.7 Å². The molecule has 7 rings (SSSR count). The third kappa shape index (κ3) is 6.85. The average molecular weight is 698 g/mol. The first-order valence-corrected chi connectivity index (χ1v) is 17.2. The van der Waals surface area contributed by atoms with Gasteiger partial charge in [0, 0.05) is 55.8 Å². The molecule has 3 fully saturated rings. The number of carbonyl (C=O) groups is 3. The topological polar surface area (TPSA) is 229 Å². The molecule has 16 heteroatoms. The van der Waals surface area contributed by atoms with Crippen LogP contribution in [0.1, 0.15) is 60.5 Å². The molecule has 0 atom stereocenters. The highest BCUT2D eigenvalue weighted by molar-refractivity contribution is 5.96. The standard InChI is InChI=1S/C35H43N11O5/c1-3-38-33(48)25-8-5-9-28(42-25)35(50,51)45-16-21(17-45)46-27-18-44(2)31-22(23(27)15-39-46)6-4-7-24(31)41-26(30(37)34(49)40-20-12-13-20)14-29(36)43-32(47)19-10-11-19/h4-9,14-15,19-21,41,50-51H,3,10-13,16-18,36-37H2,1-2H3,(H,38,48)(H,40,49)(H,43,47)/b29-14+,30-26+. The molecule has 2 saturated carbocycles. The third-order valence-electron chi connectivity index (χ3n) is 9.54. The normalized spacial score (nSPS) is 18.2. The molecule has 10 N–H and O–H groups in total. The van der Waals surface area contributed by atoms with Gasteiger partial charge < -0.3 is 47.8 Å². The number of amides is 3. The maximum atomic E-state index is 13.0. The highest BCUT2D eigenvalue weighted by Crippen LogP contribution is 2.45. The lowest BCUT2D eigenvalue weighted by atomic mass is 9.97. The van der Waals surface area contributed by atoms with Crippen LogP contribution in [-0.4, -0.2) is 80.3 Å². The Kier molecular flexibility index (Phi) is 8.91. The molecule has 0 unspecified atom stereocenters. The van der Waals surface area contributed by atoms with E-state index in [1.165, 1.54) is 23.1 Å². The van der Waals surface area contributed by atoms with Crippen LogP contribution in [0.25, 0.3) is 11.1 Å². The Bertz CT molecular complexity index is 1940. The van der Waals surface area contributed by atoms with Crippen LogP contribution in [0.5, 0.6) is 0 Å². The molecule has 2 aliphatic heterocycles. The Hall–Kier alpha value is -5.45. The minimum Gasteiger partial charge on any atom is -0.393 e. The van der Waals surface area contributed by atoms with Crippen molar-refractivity contribution >= 4 is 29.1 Å². The number of likely N-dealkylation sites (tertiary alicyclic amines) is 1. The summed E-state index contributed by atoms with van der Waals surface area (Å²) in [6, 6.07) is 10.3. The number of carbonyl (C=O) groups excluding carboxylic acids is 3. The van der Waals surface area contributed by atoms with E-state index in [0.717, 1.165) is 48.2 Å². The molecular weight excluding hydrogens is 654 g/mol. The van der Waals surface area contributed by atoms with Crippen molar-refractivity contribution < 1.29 is 24.6 Å². The average Bonchev–Trinajstić information content (AvgIpc) is 4.02. The summed E-state index contributed by atoms with van der Waals surface area (Å²) in [5.74, 6) is -3.33. The van der Waals surface area contributed by atoms with Crippen LogP contribution in [0.15, 0.2) is 65.9 Å². The molecular formula is C35H43N11O5. The fraction of sp³-hybridized carbons (Fsp3) is 0.400. The number of fused-ring (bicyclic) bond motifs is 3. The summed E-state index contributed by atoms with van der Waals surface area (Å²) in [5, 5.41) is 38.5. The molecule has 4 heterocycles. The number of nitrogens with zero attached hydrogens (tertiary/aromatic N) is 5. The van der Waals surface area contributed by atoms with Crippen LogP contribution in [0.3, 0.4) is 0 Å². The summed E-state index contributed by atoms with van der Waals surface area (Å²) in [6.45, 7) is 3.28. The van der Waals surface area contributed by atoms with Gasteiger partial charge in [0.1, 0.15) is 22.9 Å². The molecule has 4 aliphatic rings. The van der Waals surface area contributed by atoms with Crippen LogP contribution in [0.2, 0.25) is 0 Å². The van der Waals surface area contributed by atoms with Gasteiger partial charge in [0.2, 0.25) is 5.91 Å². The summed E-state index contributed by atoms with van der Waals surface area (Å²) in [7, 11) is 1.95. The van der Waals surface area contributed by atoms with Crippen LogP contribution in [0, 0.1) is 5.92 Å². The van der Waals surface area contributed by atoms with Crippen LogP contribution < -0.4 is 37.6 Å². The minimum atomic E-state index is -2.38. The van der Waals surface area contributed by atoms with Crippen LogP contribution in [-0.2, 0) is 22.0 Å². The number of hydrogen-bond donors (Lipinski definition) is 8. The predicted octanol–water partition coefficient (Wildman–Crippen LogP) is 0.484. The van der Waals surface area contributed by atoms with E-state index < -0.39 is 17.7 Å². The quantitative estimate of drug-likeness (QED) is 0.0735. The van der Waals surface area contributed by atoms with E-state index in [-0.39, 0.29) is 65.6 Å². The van der Waals surface area contributed by atoms with Crippen molar-refractivity contribution in [2.45, 2.75) is 57.1 Å². The van der Waals surface area contributed by atoms with E-state index in [1.807, 2.05) is 29.9 Å². The second-order valence-corrected chi connectivity index (χ2v) is 13.5. The Balaban J connectivity index is 1.12. The molecule has 1 aromatic carbocycles. The number of nitrogens with two attached hydrogens (primary N) is 2. The number of anilines is 2. The van der Waals surface area contributed by atoms with Crippen LogP contribution >= 0.6 is 0 Å². The van der Waals surface area contributed by atoms with Crippen molar-refractivity contribution in [2.75, 3.05) is 36.9 Å². The molecule has 2 aliphatic carbocycles. The molecule has 51 heavy (non-hydrogen) atoms. The van der Waals surface area contributed by atoms with Gasteiger partial charge >= 0.3 is 0 Å². The summed E-state index contributed by atoms with van der Waals surface area (Å²) < 4.78 is 1.91. The fourth-order valence-electron chi connectivity index (χ4n) is 6.41. The van der Waals surface area contributed by atoms with Gasteiger partial charge in [-0.05, 0) is 50.8 Å². The maximum Gasteiger partial charge on any atom is 0.271 e. The van der Waals surface area contributed by atoms with Gasteiger partial charge in [0.05, 0.1) is 41.5 Å². The second-order valence-electron chi connectivity index (χ2n) is 13.5. The largest absolute Gasteiger partial charge is 0.393 e. The summed E-state index contributed by atoms with van der Waals surface area (Å²) >= 11 is 0. The molecule has 16 nitrogen and oxygen atoms in total. The third-order valence-corrected chi connectivity index (χ3v) is 9.54. The fourth-order valence-corrected chi connectivity index (χ4v) is 6.41. The second kappa shape index (κ2) is 13.4. The van der Waals surface area contributed by atoms with Gasteiger partial charge in [-0.1, -0.05) is 18.2 Å². The lowest BCUT2D eigenvalue weighted by molar-refractivity contribution is -0.302. The molecule has 0 radical (unpaired) electrons. The SMILES string of the molecule is CCNC(=O)c1cccc(C(O)(O)N2CC(n3ncc4c3CN(C)c3c(NC(/C=C(\N)NC(=O)C5CC5)=C(/N)C(=O)NC5CC5)cccc3-4)C2)n1. The number of para-hydroxylation sites is 1. The predicted molar refractivity (Wildman–Crippen MR) is 188 cm³/mol. The molecule has 3 aromatic rings. The van der Waals surface area contributed by atoms with E-state index in [0.29, 0.717) is 18.8 Å². The van der Waals surface area contributed by atoms with Gasteiger partial charge in [-0.2, -0.15) is 5.10 Å². The van der Waals surface area contributed by atoms with E-state index >= 15 is 0 Å². The van der Waals surface area contributed by atoms with E-state index in [2.05, 4.69) is 31.2 Å². The number of benzene rings is 1. The van der Waals surface area contributed by atoms with E-state index in [9.17, 15) is 24.6 Å². The zero-order valence-corrected chi connectivity index (χ0v) is 28.5.